The number of rotatable bonds is 3. The van der Waals surface area contributed by atoms with Gasteiger partial charge in [0.15, 0.2) is 0 Å². The Labute approximate surface area is 107 Å². The molecular weight excluding hydrogens is 229 g/mol. The van der Waals surface area contributed by atoms with Crippen LogP contribution >= 0.6 is 0 Å². The van der Waals surface area contributed by atoms with Crippen LogP contribution < -0.4 is 5.11 Å². The number of aliphatic carboxylic acids is 1. The van der Waals surface area contributed by atoms with Gasteiger partial charge in [-0.2, -0.15) is 0 Å². The lowest BCUT2D eigenvalue weighted by Gasteiger charge is -2.40. The maximum Gasteiger partial charge on any atom is 0.376 e. The van der Waals surface area contributed by atoms with E-state index >= 15 is 0 Å². The van der Waals surface area contributed by atoms with Crippen LogP contribution in [0.2, 0.25) is 6.82 Å². The molecule has 1 aliphatic rings. The molecule has 2 rings (SSSR count). The highest BCUT2D eigenvalue weighted by atomic mass is 16.4. The number of hydrogen-bond acceptors (Lipinski definition) is 4. The van der Waals surface area contributed by atoms with Crippen molar-refractivity contribution in [1.82, 2.24) is 4.81 Å². The minimum atomic E-state index is -1.03. The molecule has 1 aromatic rings. The van der Waals surface area contributed by atoms with Gasteiger partial charge in [-0.25, -0.2) is 0 Å². The molecule has 2 atom stereocenters. The minimum Gasteiger partial charge on any atom is -0.550 e. The van der Waals surface area contributed by atoms with Gasteiger partial charge in [0.25, 0.3) is 0 Å². The fourth-order valence-corrected chi connectivity index (χ4v) is 2.65. The second kappa shape index (κ2) is 5.54. The lowest BCUT2D eigenvalue weighted by molar-refractivity contribution is -0.313. The first-order valence-corrected chi connectivity index (χ1v) is 6.27. The molecule has 18 heavy (non-hydrogen) atoms. The number of piperidine rings is 1. The smallest absolute Gasteiger partial charge is 0.376 e. The third-order valence-electron chi connectivity index (χ3n) is 3.70. The van der Waals surface area contributed by atoms with Crippen LogP contribution in [0.15, 0.2) is 30.3 Å². The molecule has 1 unspecified atom stereocenters. The summed E-state index contributed by atoms with van der Waals surface area (Å²) >= 11 is 0. The summed E-state index contributed by atoms with van der Waals surface area (Å²) in [5.74, 6) is -1.61. The van der Waals surface area contributed by atoms with Crippen molar-refractivity contribution >= 4 is 13.0 Å². The van der Waals surface area contributed by atoms with Gasteiger partial charge in [-0.1, -0.05) is 30.3 Å². The van der Waals surface area contributed by atoms with E-state index in [0.717, 1.165) is 12.0 Å². The molecule has 1 aromatic carbocycles. The minimum absolute atomic E-state index is 0.0220. The van der Waals surface area contributed by atoms with Crippen LogP contribution in [0.4, 0.5) is 0 Å². The van der Waals surface area contributed by atoms with Crippen LogP contribution in [0.3, 0.4) is 0 Å². The number of nitrogens with zero attached hydrogens (tertiary/aromatic N) is 1. The highest BCUT2D eigenvalue weighted by Crippen LogP contribution is 2.32. The summed E-state index contributed by atoms with van der Waals surface area (Å²) in [6.45, 7) is 2.72. The Bertz CT molecular complexity index is 410. The van der Waals surface area contributed by atoms with Gasteiger partial charge >= 0.3 is 7.05 Å². The highest BCUT2D eigenvalue weighted by molar-refractivity contribution is 6.45. The molecule has 1 heterocycles. The van der Waals surface area contributed by atoms with E-state index in [9.17, 15) is 14.9 Å². The summed E-state index contributed by atoms with van der Waals surface area (Å²) in [6, 6.07) is 9.67. The Morgan fingerprint density at radius 3 is 2.67 bits per heavy atom. The lowest BCUT2D eigenvalue weighted by Crippen LogP contribution is -2.51. The molecular formula is C13H17BNO3-. The van der Waals surface area contributed by atoms with E-state index in [1.807, 2.05) is 30.3 Å². The van der Waals surface area contributed by atoms with Crippen molar-refractivity contribution in [2.24, 2.45) is 5.92 Å². The van der Waals surface area contributed by atoms with Crippen molar-refractivity contribution < 1.29 is 14.9 Å². The number of hydrogen-bond donors (Lipinski definition) is 1. The first-order chi connectivity index (χ1) is 8.59. The SMILES string of the molecule is CB(O)N1CCC(c2ccccc2)[C@@H](C(=O)[O-])C1. The Hall–Kier alpha value is -1.33. The van der Waals surface area contributed by atoms with Crippen LogP contribution in [-0.4, -0.2) is 35.9 Å². The van der Waals surface area contributed by atoms with E-state index in [-0.39, 0.29) is 5.92 Å². The van der Waals surface area contributed by atoms with Gasteiger partial charge in [-0.05, 0) is 37.8 Å². The summed E-state index contributed by atoms with van der Waals surface area (Å²) in [7, 11) is -0.608. The van der Waals surface area contributed by atoms with Crippen LogP contribution in [0, 0.1) is 5.92 Å². The molecule has 1 aliphatic heterocycles. The predicted molar refractivity (Wildman–Crippen MR) is 67.7 cm³/mol. The molecule has 4 nitrogen and oxygen atoms in total. The third-order valence-corrected chi connectivity index (χ3v) is 3.70. The van der Waals surface area contributed by atoms with Crippen molar-refractivity contribution in [2.45, 2.75) is 19.2 Å². The van der Waals surface area contributed by atoms with Gasteiger partial charge in [-0.3, -0.25) is 0 Å². The normalized spacial score (nSPS) is 24.8. The topological polar surface area (TPSA) is 63.6 Å². The molecule has 0 radical (unpaired) electrons. The molecule has 0 bridgehead atoms. The molecule has 1 N–H and O–H groups in total. The molecule has 0 spiro atoms. The summed E-state index contributed by atoms with van der Waals surface area (Å²) in [6.07, 6.45) is 0.730. The summed E-state index contributed by atoms with van der Waals surface area (Å²) in [5.41, 5.74) is 1.04. The number of carboxylic acids is 1. The van der Waals surface area contributed by atoms with Gasteiger partial charge in [0.05, 0.1) is 0 Å². The van der Waals surface area contributed by atoms with E-state index in [1.54, 1.807) is 11.6 Å². The lowest BCUT2D eigenvalue weighted by atomic mass is 9.74. The zero-order valence-corrected chi connectivity index (χ0v) is 10.5. The third kappa shape index (κ3) is 2.74. The monoisotopic (exact) mass is 246 g/mol. The Morgan fingerprint density at radius 1 is 1.44 bits per heavy atom. The number of carbonyl (C=O) groups excluding carboxylic acids is 1. The van der Waals surface area contributed by atoms with Gasteiger partial charge in [0, 0.05) is 11.9 Å². The maximum absolute atomic E-state index is 11.3. The first kappa shape index (κ1) is 13.1. The zero-order valence-electron chi connectivity index (χ0n) is 10.5. The van der Waals surface area contributed by atoms with Gasteiger partial charge < -0.3 is 19.7 Å². The molecule has 1 fully saturated rings. The number of carboxylic acid groups (broad SMARTS) is 1. The van der Waals surface area contributed by atoms with Crippen molar-refractivity contribution in [2.75, 3.05) is 13.1 Å². The van der Waals surface area contributed by atoms with Crippen LogP contribution in [0.25, 0.3) is 0 Å². The first-order valence-electron chi connectivity index (χ1n) is 6.27. The van der Waals surface area contributed by atoms with Crippen molar-refractivity contribution in [1.29, 1.82) is 0 Å². The molecule has 1 saturated heterocycles. The fraction of sp³-hybridized carbons (Fsp3) is 0.462. The summed E-state index contributed by atoms with van der Waals surface area (Å²) in [4.78, 5) is 13.1. The summed E-state index contributed by atoms with van der Waals surface area (Å²) in [5, 5.41) is 20.8. The standard InChI is InChI=1S/C13H18BNO3/c1-14(18)15-8-7-11(12(9-15)13(16)17)10-5-3-2-4-6-10/h2-6,11-12,18H,7-9H2,1H3,(H,16,17)/p-1/t11?,12-/m0/s1. The van der Waals surface area contributed by atoms with Gasteiger partial charge in [0.2, 0.25) is 0 Å². The van der Waals surface area contributed by atoms with Gasteiger partial charge in [0.1, 0.15) is 0 Å². The molecule has 0 amide bonds. The fourth-order valence-electron chi connectivity index (χ4n) is 2.65. The van der Waals surface area contributed by atoms with E-state index in [0.29, 0.717) is 13.1 Å². The second-order valence-electron chi connectivity index (χ2n) is 4.86. The molecule has 0 saturated carbocycles. The van der Waals surface area contributed by atoms with E-state index < -0.39 is 18.9 Å². The second-order valence-corrected chi connectivity index (χ2v) is 4.86. The molecule has 5 heteroatoms. The average Bonchev–Trinajstić information content (AvgIpc) is 2.39. The largest absolute Gasteiger partial charge is 0.550 e. The predicted octanol–water partition coefficient (Wildman–Crippen LogP) is -0.0477. The highest BCUT2D eigenvalue weighted by Gasteiger charge is 2.33. The van der Waals surface area contributed by atoms with Crippen LogP contribution in [0.5, 0.6) is 0 Å². The quantitative estimate of drug-likeness (QED) is 0.759. The van der Waals surface area contributed by atoms with E-state index in [4.69, 9.17) is 0 Å². The van der Waals surface area contributed by atoms with E-state index in [2.05, 4.69) is 0 Å². The van der Waals surface area contributed by atoms with Crippen molar-refractivity contribution in [3.63, 3.8) is 0 Å². The van der Waals surface area contributed by atoms with Crippen LogP contribution in [0.1, 0.15) is 17.9 Å². The van der Waals surface area contributed by atoms with Crippen molar-refractivity contribution in [3.05, 3.63) is 35.9 Å². The average molecular weight is 246 g/mol. The Kier molecular flexibility index (Phi) is 4.04. The zero-order chi connectivity index (χ0) is 13.1. The Morgan fingerprint density at radius 2 is 2.11 bits per heavy atom. The molecule has 0 aromatic heterocycles. The maximum atomic E-state index is 11.3. The van der Waals surface area contributed by atoms with Crippen molar-refractivity contribution in [3.8, 4) is 0 Å². The molecule has 96 valence electrons. The van der Waals surface area contributed by atoms with E-state index in [1.165, 1.54) is 0 Å². The van der Waals surface area contributed by atoms with Gasteiger partial charge in [-0.15, -0.1) is 0 Å². The molecule has 0 aliphatic carbocycles. The number of carbonyl (C=O) groups is 1. The van der Waals surface area contributed by atoms with Crippen LogP contribution in [-0.2, 0) is 4.79 Å². The Balaban J connectivity index is 2.19. The number of benzene rings is 1. The summed E-state index contributed by atoms with van der Waals surface area (Å²) < 4.78 is 0.